The smallest absolute Gasteiger partial charge is 0.256 e. The quantitative estimate of drug-likeness (QED) is 0.822. The summed E-state index contributed by atoms with van der Waals surface area (Å²) in [6, 6.07) is 12.5. The molecule has 1 aliphatic rings. The Morgan fingerprint density at radius 2 is 2.00 bits per heavy atom. The molecule has 4 heteroatoms. The Hall–Kier alpha value is -2.75. The third-order valence-electron chi connectivity index (χ3n) is 3.22. The molecule has 0 unspecified atom stereocenters. The molecule has 3 rings (SSSR count). The minimum atomic E-state index is -0.127. The molecule has 0 radical (unpaired) electrons. The Morgan fingerprint density at radius 3 is 2.80 bits per heavy atom. The largest absolute Gasteiger partial charge is 0.504 e. The molecular weight excluding hydrogens is 254 g/mol. The molecule has 0 saturated carbocycles. The van der Waals surface area contributed by atoms with Crippen molar-refractivity contribution in [2.24, 2.45) is 0 Å². The summed E-state index contributed by atoms with van der Waals surface area (Å²) >= 11 is 0. The number of fused-ring (bicyclic) bond motifs is 1. The number of rotatable bonds is 2. The Labute approximate surface area is 116 Å². The summed E-state index contributed by atoms with van der Waals surface area (Å²) in [5, 5.41) is 12.4. The number of benzene rings is 2. The van der Waals surface area contributed by atoms with Crippen LogP contribution < -0.4 is 10.1 Å². The number of aromatic hydroxyl groups is 1. The van der Waals surface area contributed by atoms with Crippen molar-refractivity contribution in [3.05, 3.63) is 53.6 Å². The van der Waals surface area contributed by atoms with Crippen LogP contribution in [-0.2, 0) is 4.79 Å². The summed E-state index contributed by atoms with van der Waals surface area (Å²) in [5.41, 5.74) is 3.09. The number of methoxy groups -OCH3 is 1. The first kappa shape index (κ1) is 12.3. The van der Waals surface area contributed by atoms with Gasteiger partial charge in [-0.3, -0.25) is 4.79 Å². The van der Waals surface area contributed by atoms with Gasteiger partial charge in [0, 0.05) is 16.8 Å². The first-order valence-corrected chi connectivity index (χ1v) is 6.18. The van der Waals surface area contributed by atoms with Crippen LogP contribution in [0.3, 0.4) is 0 Å². The van der Waals surface area contributed by atoms with Gasteiger partial charge in [-0.15, -0.1) is 0 Å². The summed E-state index contributed by atoms with van der Waals surface area (Å²) in [5.74, 6) is 0.329. The second-order valence-corrected chi connectivity index (χ2v) is 4.49. The highest BCUT2D eigenvalue weighted by molar-refractivity contribution is 6.34. The van der Waals surface area contributed by atoms with E-state index in [1.807, 2.05) is 24.3 Å². The molecule has 2 aromatic rings. The van der Waals surface area contributed by atoms with Crippen molar-refractivity contribution in [2.75, 3.05) is 12.4 Å². The van der Waals surface area contributed by atoms with Gasteiger partial charge in [-0.25, -0.2) is 0 Å². The highest BCUT2D eigenvalue weighted by atomic mass is 16.5. The number of carbonyl (C=O) groups excluding carboxylic acids is 1. The second-order valence-electron chi connectivity index (χ2n) is 4.49. The van der Waals surface area contributed by atoms with Gasteiger partial charge in [0.05, 0.1) is 7.11 Å². The maximum Gasteiger partial charge on any atom is 0.256 e. The Bertz CT molecular complexity index is 719. The van der Waals surface area contributed by atoms with Crippen molar-refractivity contribution < 1.29 is 14.6 Å². The molecule has 0 spiro atoms. The number of ether oxygens (including phenoxy) is 1. The zero-order valence-electron chi connectivity index (χ0n) is 10.9. The van der Waals surface area contributed by atoms with Gasteiger partial charge in [0.15, 0.2) is 11.5 Å². The normalized spacial score (nSPS) is 15.1. The fourth-order valence-electron chi connectivity index (χ4n) is 2.23. The first-order valence-electron chi connectivity index (χ1n) is 6.18. The molecule has 4 nitrogen and oxygen atoms in total. The fourth-order valence-corrected chi connectivity index (χ4v) is 2.23. The van der Waals surface area contributed by atoms with Crippen molar-refractivity contribution in [1.29, 1.82) is 0 Å². The molecule has 20 heavy (non-hydrogen) atoms. The van der Waals surface area contributed by atoms with Gasteiger partial charge < -0.3 is 15.2 Å². The minimum absolute atomic E-state index is 0.0749. The molecular formula is C16H13NO3. The highest BCUT2D eigenvalue weighted by Gasteiger charge is 2.23. The summed E-state index contributed by atoms with van der Waals surface area (Å²) in [7, 11) is 1.49. The molecule has 0 bridgehead atoms. The number of carbonyl (C=O) groups is 1. The van der Waals surface area contributed by atoms with Crippen LogP contribution in [0.4, 0.5) is 5.69 Å². The molecule has 1 heterocycles. The zero-order valence-corrected chi connectivity index (χ0v) is 10.9. The Morgan fingerprint density at radius 1 is 1.20 bits per heavy atom. The average molecular weight is 267 g/mol. The van der Waals surface area contributed by atoms with Gasteiger partial charge >= 0.3 is 0 Å². The van der Waals surface area contributed by atoms with Gasteiger partial charge in [-0.05, 0) is 29.8 Å². The monoisotopic (exact) mass is 267 g/mol. The number of para-hydroxylation sites is 1. The standard InChI is InChI=1S/C16H13NO3/c1-20-15-9-10(6-7-14(15)18)8-12-11-4-2-3-5-13(11)17-16(12)19/h2-9,18H,1H3,(H,17,19)/b12-8-. The number of nitrogens with one attached hydrogen (secondary N) is 1. The summed E-state index contributed by atoms with van der Waals surface area (Å²) in [4.78, 5) is 12.0. The van der Waals surface area contributed by atoms with E-state index >= 15 is 0 Å². The first-order chi connectivity index (χ1) is 9.69. The van der Waals surface area contributed by atoms with E-state index in [1.54, 1.807) is 24.3 Å². The van der Waals surface area contributed by atoms with Gasteiger partial charge in [0.1, 0.15) is 0 Å². The van der Waals surface area contributed by atoms with E-state index in [1.165, 1.54) is 7.11 Å². The number of phenols is 1. The molecule has 2 aromatic carbocycles. The highest BCUT2D eigenvalue weighted by Crippen LogP contribution is 2.34. The van der Waals surface area contributed by atoms with Crippen molar-refractivity contribution in [2.45, 2.75) is 0 Å². The maximum absolute atomic E-state index is 12.0. The third kappa shape index (κ3) is 2.01. The molecule has 1 aliphatic heterocycles. The van der Waals surface area contributed by atoms with Crippen LogP contribution in [0.5, 0.6) is 11.5 Å². The van der Waals surface area contributed by atoms with E-state index < -0.39 is 0 Å². The van der Waals surface area contributed by atoms with E-state index in [-0.39, 0.29) is 11.7 Å². The number of anilines is 1. The SMILES string of the molecule is COc1cc(/C=C2\C(=O)Nc3ccccc32)ccc1O. The lowest BCUT2D eigenvalue weighted by molar-refractivity contribution is -0.110. The number of amides is 1. The van der Waals surface area contributed by atoms with Gasteiger partial charge in [-0.1, -0.05) is 24.3 Å². The summed E-state index contributed by atoms with van der Waals surface area (Å²) < 4.78 is 5.07. The van der Waals surface area contributed by atoms with E-state index in [4.69, 9.17) is 4.74 Å². The minimum Gasteiger partial charge on any atom is -0.504 e. The van der Waals surface area contributed by atoms with Crippen LogP contribution in [0, 0.1) is 0 Å². The number of hydrogen-bond acceptors (Lipinski definition) is 3. The van der Waals surface area contributed by atoms with Crippen molar-refractivity contribution in [1.82, 2.24) is 0 Å². The number of phenolic OH excluding ortho intramolecular Hbond substituents is 1. The number of hydrogen-bond donors (Lipinski definition) is 2. The molecule has 0 atom stereocenters. The van der Waals surface area contributed by atoms with Crippen molar-refractivity contribution in [3.63, 3.8) is 0 Å². The Balaban J connectivity index is 2.07. The van der Waals surface area contributed by atoms with Crippen LogP contribution >= 0.6 is 0 Å². The van der Waals surface area contributed by atoms with Crippen molar-refractivity contribution in [3.8, 4) is 11.5 Å². The van der Waals surface area contributed by atoms with Crippen LogP contribution in [-0.4, -0.2) is 18.1 Å². The lowest BCUT2D eigenvalue weighted by Crippen LogP contribution is -2.03. The lowest BCUT2D eigenvalue weighted by Gasteiger charge is -2.04. The van der Waals surface area contributed by atoms with Crippen LogP contribution in [0.15, 0.2) is 42.5 Å². The molecule has 0 aromatic heterocycles. The van der Waals surface area contributed by atoms with Crippen LogP contribution in [0.1, 0.15) is 11.1 Å². The van der Waals surface area contributed by atoms with Gasteiger partial charge in [-0.2, -0.15) is 0 Å². The third-order valence-corrected chi connectivity index (χ3v) is 3.22. The fraction of sp³-hybridized carbons (Fsp3) is 0.0625. The predicted octanol–water partition coefficient (Wildman–Crippen LogP) is 2.89. The molecule has 100 valence electrons. The van der Waals surface area contributed by atoms with Gasteiger partial charge in [0.2, 0.25) is 0 Å². The van der Waals surface area contributed by atoms with E-state index in [0.29, 0.717) is 11.3 Å². The van der Waals surface area contributed by atoms with E-state index in [2.05, 4.69) is 5.32 Å². The lowest BCUT2D eigenvalue weighted by atomic mass is 10.0. The summed E-state index contributed by atoms with van der Waals surface area (Å²) in [6.45, 7) is 0. The Kier molecular flexibility index (Phi) is 2.91. The predicted molar refractivity (Wildman–Crippen MR) is 77.6 cm³/mol. The van der Waals surface area contributed by atoms with E-state index in [0.717, 1.165) is 16.8 Å². The van der Waals surface area contributed by atoms with Crippen LogP contribution in [0.2, 0.25) is 0 Å². The summed E-state index contributed by atoms with van der Waals surface area (Å²) in [6.07, 6.45) is 1.78. The zero-order chi connectivity index (χ0) is 14.1. The molecule has 0 fully saturated rings. The topological polar surface area (TPSA) is 58.6 Å². The molecule has 0 aliphatic carbocycles. The average Bonchev–Trinajstić information content (AvgIpc) is 2.77. The molecule has 1 amide bonds. The molecule has 2 N–H and O–H groups in total. The van der Waals surface area contributed by atoms with E-state index in [9.17, 15) is 9.90 Å². The maximum atomic E-state index is 12.0. The van der Waals surface area contributed by atoms with Crippen molar-refractivity contribution >= 4 is 23.2 Å². The van der Waals surface area contributed by atoms with Crippen LogP contribution in [0.25, 0.3) is 11.6 Å². The second kappa shape index (κ2) is 4.74. The molecule has 0 saturated heterocycles. The van der Waals surface area contributed by atoms with Gasteiger partial charge in [0.25, 0.3) is 5.91 Å².